The Morgan fingerprint density at radius 1 is 1.22 bits per heavy atom. The molecule has 0 aliphatic carbocycles. The number of halogens is 3. The Morgan fingerprint density at radius 3 is 2.59 bits per heavy atom. The molecule has 140 valence electrons. The van der Waals surface area contributed by atoms with Crippen molar-refractivity contribution < 1.29 is 18.3 Å². The minimum absolute atomic E-state index is 0.0553. The maximum atomic E-state index is 13.2. The second-order valence-corrected chi connectivity index (χ2v) is 6.15. The van der Waals surface area contributed by atoms with Crippen LogP contribution in [0.25, 0.3) is 5.69 Å². The first-order chi connectivity index (χ1) is 12.9. The number of amides is 1. The number of nitrogens with one attached hydrogen (secondary N) is 1. The SMILES string of the molecule is COc1ccc(Cl)cc1-n1nnc(C(=O)NCc2cc(F)cc(F)c2)c1C. The highest BCUT2D eigenvalue weighted by molar-refractivity contribution is 6.30. The topological polar surface area (TPSA) is 69.0 Å². The van der Waals surface area contributed by atoms with Crippen molar-refractivity contribution in [2.45, 2.75) is 13.5 Å². The second-order valence-electron chi connectivity index (χ2n) is 5.71. The standard InChI is InChI=1S/C18H15ClF2N4O2/c1-10-17(18(26)22-9-11-5-13(20)8-14(21)6-11)23-24-25(10)15-7-12(19)3-4-16(15)27-2/h3-8H,9H2,1-2H3,(H,22,26). The van der Waals surface area contributed by atoms with Crippen LogP contribution in [0.5, 0.6) is 5.75 Å². The number of rotatable bonds is 5. The largest absolute Gasteiger partial charge is 0.494 e. The predicted molar refractivity (Wildman–Crippen MR) is 95.2 cm³/mol. The normalized spacial score (nSPS) is 10.7. The average Bonchev–Trinajstić information content (AvgIpc) is 3.00. The third-order valence-corrected chi connectivity index (χ3v) is 4.09. The molecule has 0 fully saturated rings. The quantitative estimate of drug-likeness (QED) is 0.722. The van der Waals surface area contributed by atoms with E-state index in [2.05, 4.69) is 15.6 Å². The summed E-state index contributed by atoms with van der Waals surface area (Å²) in [6, 6.07) is 8.03. The molecule has 1 amide bonds. The van der Waals surface area contributed by atoms with Gasteiger partial charge in [0, 0.05) is 17.6 Å². The van der Waals surface area contributed by atoms with Crippen LogP contribution in [0, 0.1) is 18.6 Å². The van der Waals surface area contributed by atoms with Crippen molar-refractivity contribution >= 4 is 17.5 Å². The lowest BCUT2D eigenvalue weighted by molar-refractivity contribution is 0.0945. The Kier molecular flexibility index (Phi) is 5.36. The fourth-order valence-electron chi connectivity index (χ4n) is 2.58. The first-order valence-corrected chi connectivity index (χ1v) is 8.26. The molecule has 0 radical (unpaired) electrons. The van der Waals surface area contributed by atoms with Gasteiger partial charge < -0.3 is 10.1 Å². The summed E-state index contributed by atoms with van der Waals surface area (Å²) in [6.07, 6.45) is 0. The Hall–Kier alpha value is -3.00. The van der Waals surface area contributed by atoms with Crippen molar-refractivity contribution in [3.8, 4) is 11.4 Å². The highest BCUT2D eigenvalue weighted by Gasteiger charge is 2.19. The zero-order chi connectivity index (χ0) is 19.6. The molecule has 0 aliphatic rings. The summed E-state index contributed by atoms with van der Waals surface area (Å²) < 4.78 is 33.2. The van der Waals surface area contributed by atoms with E-state index in [1.54, 1.807) is 25.1 Å². The highest BCUT2D eigenvalue weighted by atomic mass is 35.5. The van der Waals surface area contributed by atoms with Gasteiger partial charge in [-0.25, -0.2) is 13.5 Å². The molecule has 0 bridgehead atoms. The van der Waals surface area contributed by atoms with Crippen molar-refractivity contribution in [1.29, 1.82) is 0 Å². The van der Waals surface area contributed by atoms with Crippen LogP contribution in [-0.4, -0.2) is 28.0 Å². The minimum atomic E-state index is -0.713. The molecular formula is C18H15ClF2N4O2. The average molecular weight is 393 g/mol. The summed E-state index contributed by atoms with van der Waals surface area (Å²) in [4.78, 5) is 12.4. The van der Waals surface area contributed by atoms with Gasteiger partial charge in [0.2, 0.25) is 0 Å². The number of ether oxygens (including phenoxy) is 1. The van der Waals surface area contributed by atoms with Gasteiger partial charge in [0.25, 0.3) is 5.91 Å². The van der Waals surface area contributed by atoms with Gasteiger partial charge >= 0.3 is 0 Å². The monoisotopic (exact) mass is 392 g/mol. The summed E-state index contributed by atoms with van der Waals surface area (Å²) in [5, 5.41) is 10.9. The molecule has 1 aromatic heterocycles. The van der Waals surface area contributed by atoms with E-state index in [4.69, 9.17) is 16.3 Å². The molecule has 0 atom stereocenters. The number of hydrogen-bond acceptors (Lipinski definition) is 4. The zero-order valence-electron chi connectivity index (χ0n) is 14.5. The maximum absolute atomic E-state index is 13.2. The number of aromatic nitrogens is 3. The Bertz CT molecular complexity index is 987. The molecule has 0 unspecified atom stereocenters. The molecule has 0 saturated heterocycles. The number of carbonyl (C=O) groups is 1. The molecular weight excluding hydrogens is 378 g/mol. The summed E-state index contributed by atoms with van der Waals surface area (Å²) >= 11 is 6.03. The molecule has 3 aromatic rings. The minimum Gasteiger partial charge on any atom is -0.494 e. The lowest BCUT2D eigenvalue weighted by Crippen LogP contribution is -2.24. The van der Waals surface area contributed by atoms with E-state index >= 15 is 0 Å². The van der Waals surface area contributed by atoms with Gasteiger partial charge in [-0.3, -0.25) is 4.79 Å². The summed E-state index contributed by atoms with van der Waals surface area (Å²) in [5.41, 5.74) is 1.36. The number of benzene rings is 2. The summed E-state index contributed by atoms with van der Waals surface area (Å²) in [6.45, 7) is 1.61. The lowest BCUT2D eigenvalue weighted by Gasteiger charge is -2.10. The van der Waals surface area contributed by atoms with E-state index in [-0.39, 0.29) is 12.2 Å². The third kappa shape index (κ3) is 4.06. The number of methoxy groups -OCH3 is 1. The molecule has 3 rings (SSSR count). The van der Waals surface area contributed by atoms with Gasteiger partial charge in [-0.15, -0.1) is 5.10 Å². The molecule has 0 saturated carbocycles. The number of nitrogens with zero attached hydrogens (tertiary/aromatic N) is 3. The van der Waals surface area contributed by atoms with Crippen LogP contribution >= 0.6 is 11.6 Å². The predicted octanol–water partition coefficient (Wildman–Crippen LogP) is 3.45. The van der Waals surface area contributed by atoms with E-state index in [9.17, 15) is 13.6 Å². The van der Waals surface area contributed by atoms with Crippen LogP contribution < -0.4 is 10.1 Å². The fourth-order valence-corrected chi connectivity index (χ4v) is 2.74. The van der Waals surface area contributed by atoms with E-state index < -0.39 is 17.5 Å². The van der Waals surface area contributed by atoms with Gasteiger partial charge in [0.05, 0.1) is 12.8 Å². The van der Waals surface area contributed by atoms with Crippen molar-refractivity contribution in [2.75, 3.05) is 7.11 Å². The number of hydrogen-bond donors (Lipinski definition) is 1. The third-order valence-electron chi connectivity index (χ3n) is 3.85. The molecule has 9 heteroatoms. The van der Waals surface area contributed by atoms with Gasteiger partial charge in [0.15, 0.2) is 5.69 Å². The molecule has 0 spiro atoms. The molecule has 6 nitrogen and oxygen atoms in total. The van der Waals surface area contributed by atoms with Gasteiger partial charge in [-0.05, 0) is 42.8 Å². The lowest BCUT2D eigenvalue weighted by atomic mass is 10.2. The molecule has 27 heavy (non-hydrogen) atoms. The maximum Gasteiger partial charge on any atom is 0.274 e. The first-order valence-electron chi connectivity index (χ1n) is 7.88. The molecule has 0 aliphatic heterocycles. The summed E-state index contributed by atoms with van der Waals surface area (Å²) in [5.74, 6) is -1.44. The van der Waals surface area contributed by atoms with Crippen LogP contribution in [0.15, 0.2) is 36.4 Å². The van der Waals surface area contributed by atoms with Crippen LogP contribution in [0.2, 0.25) is 5.02 Å². The van der Waals surface area contributed by atoms with Crippen molar-refractivity contribution in [2.24, 2.45) is 0 Å². The molecule has 2 aromatic carbocycles. The van der Waals surface area contributed by atoms with Crippen molar-refractivity contribution in [3.63, 3.8) is 0 Å². The van der Waals surface area contributed by atoms with E-state index in [1.165, 1.54) is 11.8 Å². The van der Waals surface area contributed by atoms with Crippen molar-refractivity contribution in [1.82, 2.24) is 20.3 Å². The Balaban J connectivity index is 1.82. The van der Waals surface area contributed by atoms with E-state index in [0.717, 1.165) is 18.2 Å². The Morgan fingerprint density at radius 2 is 1.93 bits per heavy atom. The fraction of sp³-hybridized carbons (Fsp3) is 0.167. The van der Waals surface area contributed by atoms with Crippen molar-refractivity contribution in [3.05, 3.63) is 70.0 Å². The van der Waals surface area contributed by atoms with Gasteiger partial charge in [0.1, 0.15) is 23.1 Å². The smallest absolute Gasteiger partial charge is 0.274 e. The first kappa shape index (κ1) is 18.8. The number of carbonyl (C=O) groups excluding carboxylic acids is 1. The highest BCUT2D eigenvalue weighted by Crippen LogP contribution is 2.27. The van der Waals surface area contributed by atoms with Crippen LogP contribution in [0.1, 0.15) is 21.7 Å². The van der Waals surface area contributed by atoms with Crippen LogP contribution in [0.3, 0.4) is 0 Å². The van der Waals surface area contributed by atoms with Crippen LogP contribution in [-0.2, 0) is 6.54 Å². The van der Waals surface area contributed by atoms with E-state index in [1.807, 2.05) is 0 Å². The van der Waals surface area contributed by atoms with E-state index in [0.29, 0.717) is 27.7 Å². The second kappa shape index (κ2) is 7.71. The van der Waals surface area contributed by atoms with Crippen LogP contribution in [0.4, 0.5) is 8.78 Å². The molecule has 1 N–H and O–H groups in total. The van der Waals surface area contributed by atoms with Gasteiger partial charge in [-0.2, -0.15) is 0 Å². The zero-order valence-corrected chi connectivity index (χ0v) is 15.2. The summed E-state index contributed by atoms with van der Waals surface area (Å²) in [7, 11) is 1.50. The van der Waals surface area contributed by atoms with Gasteiger partial charge in [-0.1, -0.05) is 16.8 Å². The Labute approximate surface area is 158 Å². The molecule has 1 heterocycles.